The quantitative estimate of drug-likeness (QED) is 0.790. The molecule has 3 rings (SSSR count). The zero-order valence-corrected chi connectivity index (χ0v) is 9.07. The lowest BCUT2D eigenvalue weighted by atomic mass is 10.2. The molecule has 0 spiro atoms. The molecular weight excluding hydrogens is 206 g/mol. The molecule has 1 fully saturated rings. The van der Waals surface area contributed by atoms with Crippen LogP contribution in [0.1, 0.15) is 53.5 Å². The van der Waals surface area contributed by atoms with Crippen molar-refractivity contribution in [3.63, 3.8) is 0 Å². The normalized spacial score (nSPS) is 20.2. The minimum Gasteiger partial charge on any atom is -0.477 e. The molecule has 0 bridgehead atoms. The van der Waals surface area contributed by atoms with Crippen LogP contribution in [0.3, 0.4) is 0 Å². The highest BCUT2D eigenvalue weighted by Crippen LogP contribution is 2.32. The van der Waals surface area contributed by atoms with Crippen LogP contribution < -0.4 is 5.32 Å². The number of carbonyl (C=O) groups is 1. The third kappa shape index (κ3) is 1.35. The van der Waals surface area contributed by atoms with Gasteiger partial charge in [0.15, 0.2) is 5.69 Å². The average molecular weight is 221 g/mol. The van der Waals surface area contributed by atoms with Crippen LogP contribution in [-0.4, -0.2) is 20.9 Å². The Bertz CT molecular complexity index is 433. The van der Waals surface area contributed by atoms with Crippen molar-refractivity contribution in [3.05, 3.63) is 17.0 Å². The van der Waals surface area contributed by atoms with E-state index in [0.717, 1.165) is 24.1 Å². The summed E-state index contributed by atoms with van der Waals surface area (Å²) in [7, 11) is 0. The second-order valence-corrected chi connectivity index (χ2v) is 4.57. The fourth-order valence-electron chi connectivity index (χ4n) is 2.79. The third-order valence-corrected chi connectivity index (χ3v) is 3.56. The van der Waals surface area contributed by atoms with Gasteiger partial charge in [0, 0.05) is 18.7 Å². The van der Waals surface area contributed by atoms with Gasteiger partial charge in [-0.25, -0.2) is 4.79 Å². The van der Waals surface area contributed by atoms with E-state index in [1.54, 1.807) is 4.68 Å². The molecule has 0 saturated heterocycles. The highest BCUT2D eigenvalue weighted by molar-refractivity contribution is 5.88. The van der Waals surface area contributed by atoms with Gasteiger partial charge in [0.25, 0.3) is 0 Å². The number of hydrogen-bond acceptors (Lipinski definition) is 3. The van der Waals surface area contributed by atoms with Crippen LogP contribution >= 0.6 is 0 Å². The van der Waals surface area contributed by atoms with Crippen LogP contribution in [-0.2, 0) is 13.1 Å². The molecule has 0 atom stereocenters. The Kier molecular flexibility index (Phi) is 2.21. The zero-order valence-electron chi connectivity index (χ0n) is 9.07. The Morgan fingerprint density at radius 2 is 2.12 bits per heavy atom. The molecule has 2 N–H and O–H groups in total. The zero-order chi connectivity index (χ0) is 11.1. The summed E-state index contributed by atoms with van der Waals surface area (Å²) in [5.74, 6) is -0.843. The molecule has 5 heteroatoms. The van der Waals surface area contributed by atoms with Crippen LogP contribution in [0.15, 0.2) is 0 Å². The maximum atomic E-state index is 11.3. The third-order valence-electron chi connectivity index (χ3n) is 3.56. The Morgan fingerprint density at radius 1 is 1.38 bits per heavy atom. The van der Waals surface area contributed by atoms with Gasteiger partial charge in [-0.05, 0) is 12.8 Å². The summed E-state index contributed by atoms with van der Waals surface area (Å²) in [5.41, 5.74) is 2.22. The fraction of sp³-hybridized carbons (Fsp3) is 0.636. The lowest BCUT2D eigenvalue weighted by Crippen LogP contribution is -2.17. The molecule has 1 aliphatic heterocycles. The molecule has 86 valence electrons. The number of carboxylic acid groups (broad SMARTS) is 1. The van der Waals surface area contributed by atoms with Gasteiger partial charge in [-0.3, -0.25) is 4.68 Å². The second-order valence-electron chi connectivity index (χ2n) is 4.57. The predicted molar refractivity (Wildman–Crippen MR) is 57.2 cm³/mol. The van der Waals surface area contributed by atoms with Crippen molar-refractivity contribution in [2.45, 2.75) is 44.8 Å². The van der Waals surface area contributed by atoms with Crippen LogP contribution in [0, 0.1) is 0 Å². The summed E-state index contributed by atoms with van der Waals surface area (Å²) in [6.45, 7) is 1.35. The van der Waals surface area contributed by atoms with E-state index in [1.807, 2.05) is 0 Å². The summed E-state index contributed by atoms with van der Waals surface area (Å²) >= 11 is 0. The average Bonchev–Trinajstić information content (AvgIpc) is 2.92. The summed E-state index contributed by atoms with van der Waals surface area (Å²) < 4.78 is 1.76. The molecule has 0 unspecified atom stereocenters. The largest absolute Gasteiger partial charge is 0.477 e. The maximum absolute atomic E-state index is 11.3. The SMILES string of the molecule is O=C(O)c1c2c(nn1C1CCCC1)CNC2. The van der Waals surface area contributed by atoms with Crippen molar-refractivity contribution in [2.75, 3.05) is 0 Å². The lowest BCUT2D eigenvalue weighted by molar-refractivity contribution is 0.0678. The molecule has 2 aliphatic rings. The Morgan fingerprint density at radius 3 is 2.81 bits per heavy atom. The summed E-state index contributed by atoms with van der Waals surface area (Å²) in [4.78, 5) is 11.3. The van der Waals surface area contributed by atoms with Gasteiger partial charge in [-0.1, -0.05) is 12.8 Å². The minimum atomic E-state index is -0.843. The topological polar surface area (TPSA) is 67.1 Å². The van der Waals surface area contributed by atoms with E-state index < -0.39 is 5.97 Å². The second kappa shape index (κ2) is 3.59. The number of aromatic carboxylic acids is 1. The van der Waals surface area contributed by atoms with E-state index in [-0.39, 0.29) is 0 Å². The van der Waals surface area contributed by atoms with E-state index in [4.69, 9.17) is 0 Å². The van der Waals surface area contributed by atoms with E-state index in [1.165, 1.54) is 12.8 Å². The molecular formula is C11H15N3O2. The van der Waals surface area contributed by atoms with Gasteiger partial charge in [0.2, 0.25) is 0 Å². The van der Waals surface area contributed by atoms with Gasteiger partial charge < -0.3 is 10.4 Å². The number of carboxylic acids is 1. The van der Waals surface area contributed by atoms with Crippen molar-refractivity contribution >= 4 is 5.97 Å². The monoisotopic (exact) mass is 221 g/mol. The molecule has 16 heavy (non-hydrogen) atoms. The maximum Gasteiger partial charge on any atom is 0.354 e. The summed E-state index contributed by atoms with van der Waals surface area (Å²) in [6.07, 6.45) is 4.50. The fourth-order valence-corrected chi connectivity index (χ4v) is 2.79. The van der Waals surface area contributed by atoms with Crippen molar-refractivity contribution in [2.24, 2.45) is 0 Å². The lowest BCUT2D eigenvalue weighted by Gasteiger charge is -2.12. The van der Waals surface area contributed by atoms with Crippen molar-refractivity contribution in [1.82, 2.24) is 15.1 Å². The van der Waals surface area contributed by atoms with Crippen LogP contribution in [0.25, 0.3) is 0 Å². The van der Waals surface area contributed by atoms with Crippen molar-refractivity contribution < 1.29 is 9.90 Å². The van der Waals surface area contributed by atoms with E-state index in [9.17, 15) is 9.90 Å². The first-order chi connectivity index (χ1) is 7.77. The van der Waals surface area contributed by atoms with Gasteiger partial charge in [0.05, 0.1) is 11.7 Å². The molecule has 1 aliphatic carbocycles. The number of nitrogens with one attached hydrogen (secondary N) is 1. The number of aromatic nitrogens is 2. The highest BCUT2D eigenvalue weighted by atomic mass is 16.4. The Hall–Kier alpha value is -1.36. The van der Waals surface area contributed by atoms with E-state index in [2.05, 4.69) is 10.4 Å². The van der Waals surface area contributed by atoms with Gasteiger partial charge in [0.1, 0.15) is 0 Å². The van der Waals surface area contributed by atoms with Gasteiger partial charge in [-0.15, -0.1) is 0 Å². The molecule has 0 radical (unpaired) electrons. The minimum absolute atomic E-state index is 0.302. The van der Waals surface area contributed by atoms with E-state index in [0.29, 0.717) is 24.8 Å². The molecule has 1 aromatic heterocycles. The Labute approximate surface area is 93.5 Å². The van der Waals surface area contributed by atoms with Gasteiger partial charge >= 0.3 is 5.97 Å². The number of rotatable bonds is 2. The van der Waals surface area contributed by atoms with Crippen molar-refractivity contribution in [1.29, 1.82) is 0 Å². The van der Waals surface area contributed by atoms with Crippen LogP contribution in [0.2, 0.25) is 0 Å². The van der Waals surface area contributed by atoms with Gasteiger partial charge in [-0.2, -0.15) is 5.10 Å². The Balaban J connectivity index is 2.06. The standard InChI is InChI=1S/C11H15N3O2/c15-11(16)10-8-5-12-6-9(8)13-14(10)7-3-1-2-4-7/h7,12H,1-6H2,(H,15,16). The van der Waals surface area contributed by atoms with E-state index >= 15 is 0 Å². The number of fused-ring (bicyclic) bond motifs is 1. The van der Waals surface area contributed by atoms with Crippen molar-refractivity contribution in [3.8, 4) is 0 Å². The number of nitrogens with zero attached hydrogens (tertiary/aromatic N) is 2. The molecule has 0 amide bonds. The summed E-state index contributed by atoms with van der Waals surface area (Å²) in [5, 5.41) is 16.9. The molecule has 1 saturated carbocycles. The predicted octanol–water partition coefficient (Wildman–Crippen LogP) is 1.30. The first kappa shape index (κ1) is 9.84. The van der Waals surface area contributed by atoms with Crippen LogP contribution in [0.5, 0.6) is 0 Å². The summed E-state index contributed by atoms with van der Waals surface area (Å²) in [6, 6.07) is 0.302. The number of hydrogen-bond donors (Lipinski definition) is 2. The smallest absolute Gasteiger partial charge is 0.354 e. The van der Waals surface area contributed by atoms with Crippen LogP contribution in [0.4, 0.5) is 0 Å². The highest BCUT2D eigenvalue weighted by Gasteiger charge is 2.30. The molecule has 1 aromatic rings. The molecule has 0 aromatic carbocycles. The first-order valence-electron chi connectivity index (χ1n) is 5.81. The molecule has 2 heterocycles. The molecule has 5 nitrogen and oxygen atoms in total. The first-order valence-corrected chi connectivity index (χ1v) is 5.81.